The van der Waals surface area contributed by atoms with Gasteiger partial charge in [-0.15, -0.1) is 47.0 Å². The fourth-order valence-corrected chi connectivity index (χ4v) is 6.26. The SMILES string of the molecule is CN1C=C2N([CH-]1)c1[c-]cccc1B1c3ccccc3-c3ccccc3N12.[Ir+3].[c-]1ccccc1-c1cc2ccccc2cn1. The summed E-state index contributed by atoms with van der Waals surface area (Å²) >= 11 is 0. The van der Waals surface area contributed by atoms with Crippen molar-refractivity contribution in [3.63, 3.8) is 0 Å². The molecule has 4 heterocycles. The number of nitrogens with zero attached hydrogens (tertiary/aromatic N) is 4. The Bertz CT molecular complexity index is 1980. The molecule has 0 saturated carbocycles. The van der Waals surface area contributed by atoms with Crippen molar-refractivity contribution < 1.29 is 20.1 Å². The van der Waals surface area contributed by atoms with E-state index in [0.717, 1.165) is 16.9 Å². The molecule has 0 bridgehead atoms. The molecule has 0 unspecified atom stereocenters. The van der Waals surface area contributed by atoms with Crippen molar-refractivity contribution in [3.8, 4) is 22.4 Å². The predicted octanol–water partition coefficient (Wildman–Crippen LogP) is 6.46. The number of hydrogen-bond donors (Lipinski definition) is 0. The summed E-state index contributed by atoms with van der Waals surface area (Å²) in [5.74, 6) is 1.18. The summed E-state index contributed by atoms with van der Waals surface area (Å²) in [6.45, 7) is 2.29. The number of hydrogen-bond acceptors (Lipinski definition) is 4. The van der Waals surface area contributed by atoms with Crippen molar-refractivity contribution in [3.05, 3.63) is 158 Å². The quantitative estimate of drug-likeness (QED) is 0.143. The Labute approximate surface area is 266 Å². The predicted molar refractivity (Wildman–Crippen MR) is 173 cm³/mol. The van der Waals surface area contributed by atoms with Crippen LogP contribution in [0.3, 0.4) is 0 Å². The fraction of sp³-hybridized carbons (Fsp3) is 0.0270. The van der Waals surface area contributed by atoms with Gasteiger partial charge in [-0.25, -0.2) is 0 Å². The minimum atomic E-state index is 0. The first-order valence-corrected chi connectivity index (χ1v) is 14.1. The van der Waals surface area contributed by atoms with E-state index in [4.69, 9.17) is 0 Å². The minimum Gasteiger partial charge on any atom is -0.509 e. The van der Waals surface area contributed by atoms with Gasteiger partial charge in [0.25, 0.3) is 6.85 Å². The molecule has 6 aromatic rings. The number of aromatic nitrogens is 1. The molecule has 0 spiro atoms. The van der Waals surface area contributed by atoms with Gasteiger partial charge in [-0.1, -0.05) is 78.3 Å². The smallest absolute Gasteiger partial charge is 0.509 e. The van der Waals surface area contributed by atoms with Crippen LogP contribution in [0.2, 0.25) is 0 Å². The molecule has 3 aliphatic rings. The average molecular weight is 730 g/mol. The van der Waals surface area contributed by atoms with Crippen molar-refractivity contribution >= 4 is 39.9 Å². The number of pyridine rings is 1. The van der Waals surface area contributed by atoms with Crippen LogP contribution >= 0.6 is 0 Å². The van der Waals surface area contributed by atoms with Gasteiger partial charge in [-0.2, -0.15) is 30.9 Å². The van der Waals surface area contributed by atoms with Crippen LogP contribution in [0.5, 0.6) is 0 Å². The minimum absolute atomic E-state index is 0. The average Bonchev–Trinajstić information content (AvgIpc) is 3.46. The molecular weight excluding hydrogens is 703 g/mol. The summed E-state index contributed by atoms with van der Waals surface area (Å²) in [6, 6.07) is 48.7. The number of anilines is 2. The first kappa shape index (κ1) is 27.2. The summed E-state index contributed by atoms with van der Waals surface area (Å²) in [5.41, 5.74) is 9.65. The summed E-state index contributed by atoms with van der Waals surface area (Å²) in [4.78, 5) is 11.3. The Morgan fingerprint density at radius 3 is 2.30 bits per heavy atom. The van der Waals surface area contributed by atoms with Gasteiger partial charge in [0.1, 0.15) is 0 Å². The maximum Gasteiger partial charge on any atom is 3.00 e. The van der Waals surface area contributed by atoms with E-state index in [9.17, 15) is 0 Å². The number of benzene rings is 5. The zero-order valence-electron chi connectivity index (χ0n) is 23.5. The summed E-state index contributed by atoms with van der Waals surface area (Å²) < 4.78 is 0. The van der Waals surface area contributed by atoms with E-state index >= 15 is 0 Å². The van der Waals surface area contributed by atoms with Gasteiger partial charge in [-0.05, 0) is 35.1 Å². The van der Waals surface area contributed by atoms with Crippen molar-refractivity contribution in [1.82, 2.24) is 9.88 Å². The van der Waals surface area contributed by atoms with E-state index < -0.39 is 0 Å². The van der Waals surface area contributed by atoms with Crippen LogP contribution in [0.15, 0.2) is 140 Å². The largest absolute Gasteiger partial charge is 3.00 e. The molecule has 0 saturated heterocycles. The van der Waals surface area contributed by atoms with E-state index in [2.05, 4.69) is 131 Å². The molecule has 9 rings (SSSR count). The second-order valence-corrected chi connectivity index (χ2v) is 10.7. The van der Waals surface area contributed by atoms with Crippen molar-refractivity contribution in [2.45, 2.75) is 0 Å². The summed E-state index contributed by atoms with van der Waals surface area (Å²) in [5, 5.41) is 2.38. The van der Waals surface area contributed by atoms with Crippen LogP contribution in [0.25, 0.3) is 33.2 Å². The van der Waals surface area contributed by atoms with Gasteiger partial charge in [0, 0.05) is 23.6 Å². The molecule has 0 radical (unpaired) electrons. The van der Waals surface area contributed by atoms with Crippen molar-refractivity contribution in [2.75, 3.05) is 16.8 Å². The molecule has 43 heavy (non-hydrogen) atoms. The van der Waals surface area contributed by atoms with Crippen LogP contribution < -0.4 is 20.6 Å². The molecule has 1 aromatic heterocycles. The zero-order valence-corrected chi connectivity index (χ0v) is 25.9. The van der Waals surface area contributed by atoms with Crippen LogP contribution in [-0.4, -0.2) is 23.8 Å². The van der Waals surface area contributed by atoms with Crippen LogP contribution in [0.4, 0.5) is 11.4 Å². The molecule has 0 fully saturated rings. The normalized spacial score (nSPS) is 13.8. The zero-order chi connectivity index (χ0) is 28.0. The number of para-hydroxylation sites is 2. The van der Waals surface area contributed by atoms with Gasteiger partial charge >= 0.3 is 20.1 Å². The maximum atomic E-state index is 4.45. The Kier molecular flexibility index (Phi) is 7.10. The maximum absolute atomic E-state index is 4.45. The molecule has 0 amide bonds. The molecule has 0 N–H and O–H groups in total. The second kappa shape index (κ2) is 11.2. The monoisotopic (exact) mass is 730 g/mol. The van der Waals surface area contributed by atoms with E-state index in [1.54, 1.807) is 0 Å². The number of rotatable bonds is 1. The third kappa shape index (κ3) is 4.64. The third-order valence-electron chi connectivity index (χ3n) is 8.09. The second-order valence-electron chi connectivity index (χ2n) is 10.7. The Hall–Kier alpha value is -4.64. The van der Waals surface area contributed by atoms with Gasteiger partial charge < -0.3 is 19.6 Å². The summed E-state index contributed by atoms with van der Waals surface area (Å²) in [7, 11) is 2.08. The Morgan fingerprint density at radius 2 is 1.44 bits per heavy atom. The van der Waals surface area contributed by atoms with Gasteiger partial charge in [0.15, 0.2) is 0 Å². The van der Waals surface area contributed by atoms with Gasteiger partial charge in [0.2, 0.25) is 0 Å². The Morgan fingerprint density at radius 1 is 0.721 bits per heavy atom. The van der Waals surface area contributed by atoms with E-state index in [0.29, 0.717) is 0 Å². The van der Waals surface area contributed by atoms with Crippen LogP contribution in [0, 0.1) is 18.8 Å². The first-order valence-electron chi connectivity index (χ1n) is 14.1. The van der Waals surface area contributed by atoms with Crippen molar-refractivity contribution in [1.29, 1.82) is 0 Å². The molecule has 0 atom stereocenters. The standard InChI is InChI=1S/C22H16BN3.C15H10N.Ir/c1-24-14-22-25(15-24)21-13-7-5-11-19(21)23-18-10-4-2-8-16(18)17-9-3-6-12-20(17)26(22)23;1-2-6-12(7-3-1)15-10-13-8-4-5-9-14(13)11-16-15;/h2-12,14-15H,1H3;1-6,8-11H;/q-2;-1;+3. The van der Waals surface area contributed by atoms with E-state index in [1.165, 1.54) is 44.3 Å². The third-order valence-corrected chi connectivity index (χ3v) is 8.09. The summed E-state index contributed by atoms with van der Waals surface area (Å²) in [6.07, 6.45) is 4.10. The van der Waals surface area contributed by atoms with Crippen LogP contribution in [-0.2, 0) is 20.1 Å². The van der Waals surface area contributed by atoms with Crippen LogP contribution in [0.1, 0.15) is 0 Å². The topological polar surface area (TPSA) is 22.6 Å². The molecule has 4 nitrogen and oxygen atoms in total. The number of fused-ring (bicyclic) bond motifs is 12. The fourth-order valence-electron chi connectivity index (χ4n) is 6.26. The first-order chi connectivity index (χ1) is 20.8. The Balaban J connectivity index is 0.000000153. The van der Waals surface area contributed by atoms with E-state index in [-0.39, 0.29) is 27.0 Å². The molecule has 3 aliphatic heterocycles. The molecule has 6 heteroatoms. The van der Waals surface area contributed by atoms with Gasteiger partial charge in [0.05, 0.1) is 5.82 Å². The molecule has 0 aliphatic carbocycles. The molecular formula is C37H26BIrN4. The van der Waals surface area contributed by atoms with Crippen molar-refractivity contribution in [2.24, 2.45) is 0 Å². The molecule has 206 valence electrons. The van der Waals surface area contributed by atoms with E-state index in [1.807, 2.05) is 48.7 Å². The molecule has 5 aromatic carbocycles. The van der Waals surface area contributed by atoms with Gasteiger partial charge in [-0.3, -0.25) is 0 Å².